The monoisotopic (exact) mass is 399 g/mol. The van der Waals surface area contributed by atoms with E-state index in [-0.39, 0.29) is 23.6 Å². The van der Waals surface area contributed by atoms with Crippen molar-refractivity contribution in [2.75, 3.05) is 11.9 Å². The van der Waals surface area contributed by atoms with Crippen molar-refractivity contribution < 1.29 is 14.5 Å². The number of nitrogens with zero attached hydrogens (tertiary/aromatic N) is 2. The molecule has 0 heterocycles. The third-order valence-corrected chi connectivity index (χ3v) is 4.26. The van der Waals surface area contributed by atoms with Gasteiger partial charge in [0, 0.05) is 23.4 Å². The van der Waals surface area contributed by atoms with Gasteiger partial charge in [0.25, 0.3) is 11.6 Å². The van der Waals surface area contributed by atoms with Crippen molar-refractivity contribution in [3.8, 4) is 11.8 Å². The molecule has 3 aromatic carbocycles. The van der Waals surface area contributed by atoms with Crippen molar-refractivity contribution in [2.24, 2.45) is 0 Å². The maximum absolute atomic E-state index is 12.7. The van der Waals surface area contributed by atoms with E-state index < -0.39 is 10.8 Å². The van der Waals surface area contributed by atoms with Gasteiger partial charge in [0.2, 0.25) is 0 Å². The molecule has 7 nitrogen and oxygen atoms in total. The number of carbonyl (C=O) groups excluding carboxylic acids is 1. The second-order valence-electron chi connectivity index (χ2n) is 6.23. The van der Waals surface area contributed by atoms with Crippen LogP contribution in [0.2, 0.25) is 0 Å². The third kappa shape index (κ3) is 4.51. The van der Waals surface area contributed by atoms with E-state index in [0.717, 1.165) is 10.8 Å². The standard InChI is InChI=1S/C23H17N3O4/c1-2-12-30-22-11-10-16-6-3-4-9-20(16)21(22)13-17(15-24)23(27)25-18-7-5-8-19(14-18)26(28)29/h2-11,13-14H,1,12H2,(H,25,27)/b17-13+. The van der Waals surface area contributed by atoms with E-state index in [2.05, 4.69) is 11.9 Å². The van der Waals surface area contributed by atoms with Crippen molar-refractivity contribution >= 4 is 34.1 Å². The Hall–Kier alpha value is -4.44. The average Bonchev–Trinajstić information content (AvgIpc) is 2.76. The summed E-state index contributed by atoms with van der Waals surface area (Å²) in [5.74, 6) is -0.176. The lowest BCUT2D eigenvalue weighted by Crippen LogP contribution is -2.13. The Morgan fingerprint density at radius 3 is 2.73 bits per heavy atom. The first-order valence-electron chi connectivity index (χ1n) is 8.96. The van der Waals surface area contributed by atoms with Crippen LogP contribution in [0.4, 0.5) is 11.4 Å². The van der Waals surface area contributed by atoms with Gasteiger partial charge in [-0.3, -0.25) is 14.9 Å². The normalized spacial score (nSPS) is 10.8. The average molecular weight is 399 g/mol. The Bertz CT molecular complexity index is 1210. The van der Waals surface area contributed by atoms with Gasteiger partial charge in [-0.15, -0.1) is 0 Å². The van der Waals surface area contributed by atoms with Crippen LogP contribution in [0.15, 0.2) is 78.9 Å². The number of hydrogen-bond acceptors (Lipinski definition) is 5. The van der Waals surface area contributed by atoms with Crippen LogP contribution in [-0.2, 0) is 4.79 Å². The van der Waals surface area contributed by atoms with Gasteiger partial charge in [-0.05, 0) is 29.0 Å². The van der Waals surface area contributed by atoms with Gasteiger partial charge in [-0.25, -0.2) is 0 Å². The number of ether oxygens (including phenoxy) is 1. The van der Waals surface area contributed by atoms with Crippen LogP contribution in [0.5, 0.6) is 5.75 Å². The number of rotatable bonds is 7. The summed E-state index contributed by atoms with van der Waals surface area (Å²) in [6, 6.07) is 18.6. The molecule has 3 rings (SSSR count). The Kier molecular flexibility index (Phi) is 6.20. The van der Waals surface area contributed by atoms with Crippen molar-refractivity contribution in [1.82, 2.24) is 0 Å². The number of nitriles is 1. The first-order valence-corrected chi connectivity index (χ1v) is 8.96. The van der Waals surface area contributed by atoms with Gasteiger partial charge in [0.05, 0.1) is 4.92 Å². The number of nitro benzene ring substituents is 1. The largest absolute Gasteiger partial charge is 0.489 e. The number of carbonyl (C=O) groups is 1. The highest BCUT2D eigenvalue weighted by molar-refractivity contribution is 6.11. The van der Waals surface area contributed by atoms with Crippen molar-refractivity contribution in [3.05, 3.63) is 94.6 Å². The molecule has 0 bridgehead atoms. The lowest BCUT2D eigenvalue weighted by atomic mass is 10.0. The zero-order chi connectivity index (χ0) is 21.5. The summed E-state index contributed by atoms with van der Waals surface area (Å²) in [5, 5.41) is 24.8. The molecular formula is C23H17N3O4. The predicted octanol–water partition coefficient (Wildman–Crippen LogP) is 4.86. The minimum absolute atomic E-state index is 0.163. The lowest BCUT2D eigenvalue weighted by Gasteiger charge is -2.11. The first kappa shape index (κ1) is 20.3. The molecule has 1 amide bonds. The molecule has 7 heteroatoms. The molecule has 148 valence electrons. The SMILES string of the molecule is C=CCOc1ccc2ccccc2c1/C=C(\C#N)C(=O)Nc1cccc([N+](=O)[O-])c1. The number of nitrogens with one attached hydrogen (secondary N) is 1. The molecule has 0 fully saturated rings. The van der Waals surface area contributed by atoms with Gasteiger partial charge < -0.3 is 10.1 Å². The molecule has 0 spiro atoms. The van der Waals surface area contributed by atoms with E-state index in [0.29, 0.717) is 11.3 Å². The minimum atomic E-state index is -0.680. The highest BCUT2D eigenvalue weighted by atomic mass is 16.6. The van der Waals surface area contributed by atoms with Gasteiger partial charge in [-0.2, -0.15) is 5.26 Å². The smallest absolute Gasteiger partial charge is 0.271 e. The maximum atomic E-state index is 12.7. The zero-order valence-electron chi connectivity index (χ0n) is 15.9. The van der Waals surface area contributed by atoms with E-state index >= 15 is 0 Å². The van der Waals surface area contributed by atoms with Crippen LogP contribution in [0.1, 0.15) is 5.56 Å². The molecule has 0 unspecified atom stereocenters. The highest BCUT2D eigenvalue weighted by Gasteiger charge is 2.15. The number of fused-ring (bicyclic) bond motifs is 1. The van der Waals surface area contributed by atoms with Gasteiger partial charge in [0.15, 0.2) is 0 Å². The van der Waals surface area contributed by atoms with Crippen molar-refractivity contribution in [1.29, 1.82) is 5.26 Å². The Morgan fingerprint density at radius 2 is 2.00 bits per heavy atom. The molecule has 0 aliphatic rings. The number of non-ortho nitro benzene ring substituents is 1. The van der Waals surface area contributed by atoms with E-state index in [4.69, 9.17) is 4.74 Å². The summed E-state index contributed by atoms with van der Waals surface area (Å²) in [6.45, 7) is 3.90. The summed E-state index contributed by atoms with van der Waals surface area (Å²) in [4.78, 5) is 23.0. The van der Waals surface area contributed by atoms with Gasteiger partial charge in [-0.1, -0.05) is 49.1 Å². The van der Waals surface area contributed by atoms with Crippen LogP contribution in [0.25, 0.3) is 16.8 Å². The van der Waals surface area contributed by atoms with E-state index in [1.165, 1.54) is 30.3 Å². The van der Waals surface area contributed by atoms with E-state index in [1.54, 1.807) is 12.1 Å². The van der Waals surface area contributed by atoms with Crippen molar-refractivity contribution in [3.63, 3.8) is 0 Å². The molecule has 3 aromatic rings. The fourth-order valence-electron chi connectivity index (χ4n) is 2.89. The van der Waals surface area contributed by atoms with Crippen molar-refractivity contribution in [2.45, 2.75) is 0 Å². The van der Waals surface area contributed by atoms with Crippen LogP contribution in [0.3, 0.4) is 0 Å². The molecule has 0 saturated heterocycles. The quantitative estimate of drug-likeness (QED) is 0.201. The van der Waals surface area contributed by atoms with E-state index in [1.807, 2.05) is 36.4 Å². The second kappa shape index (κ2) is 9.17. The van der Waals surface area contributed by atoms with Crippen LogP contribution >= 0.6 is 0 Å². The summed E-state index contributed by atoms with van der Waals surface area (Å²) in [5.41, 5.74) is 0.475. The minimum Gasteiger partial charge on any atom is -0.489 e. The molecule has 0 aliphatic heterocycles. The first-order chi connectivity index (χ1) is 14.5. The Labute approximate surface area is 172 Å². The third-order valence-electron chi connectivity index (χ3n) is 4.26. The summed E-state index contributed by atoms with van der Waals surface area (Å²) in [7, 11) is 0. The summed E-state index contributed by atoms with van der Waals surface area (Å²) in [6.07, 6.45) is 3.05. The van der Waals surface area contributed by atoms with Gasteiger partial charge in [0.1, 0.15) is 24.0 Å². The molecule has 0 aromatic heterocycles. The molecule has 0 aliphatic carbocycles. The number of nitro groups is 1. The van der Waals surface area contributed by atoms with E-state index in [9.17, 15) is 20.2 Å². The molecule has 0 radical (unpaired) electrons. The molecule has 0 saturated carbocycles. The topological polar surface area (TPSA) is 105 Å². The van der Waals surface area contributed by atoms with Crippen LogP contribution in [-0.4, -0.2) is 17.4 Å². The Morgan fingerprint density at radius 1 is 1.20 bits per heavy atom. The number of amides is 1. The van der Waals surface area contributed by atoms with Crippen LogP contribution in [0, 0.1) is 21.4 Å². The molecule has 0 atom stereocenters. The number of benzene rings is 3. The van der Waals surface area contributed by atoms with Gasteiger partial charge >= 0.3 is 0 Å². The highest BCUT2D eigenvalue weighted by Crippen LogP contribution is 2.30. The molecule has 1 N–H and O–H groups in total. The zero-order valence-corrected chi connectivity index (χ0v) is 15.9. The molecule has 30 heavy (non-hydrogen) atoms. The second-order valence-corrected chi connectivity index (χ2v) is 6.23. The predicted molar refractivity (Wildman–Crippen MR) is 115 cm³/mol. The fraction of sp³-hybridized carbons (Fsp3) is 0.0435. The Balaban J connectivity index is 2.01. The number of anilines is 1. The van der Waals surface area contributed by atoms with Crippen LogP contribution < -0.4 is 10.1 Å². The molecular weight excluding hydrogens is 382 g/mol. The number of hydrogen-bond donors (Lipinski definition) is 1. The summed E-state index contributed by atoms with van der Waals surface area (Å²) < 4.78 is 5.70. The maximum Gasteiger partial charge on any atom is 0.271 e. The fourth-order valence-corrected chi connectivity index (χ4v) is 2.89. The summed E-state index contributed by atoms with van der Waals surface area (Å²) >= 11 is 0. The lowest BCUT2D eigenvalue weighted by molar-refractivity contribution is -0.384.